The molecule has 1 aromatic heterocycles. The summed E-state index contributed by atoms with van der Waals surface area (Å²) in [5.74, 6) is 0. The van der Waals surface area contributed by atoms with Crippen LogP contribution >= 0.6 is 0 Å². The SMILES string of the molecule is CC[C@H]1O[C@@H](n2cc(C)c(=O)[nH]c2=O)[C@@H](O[C@@H](C)COC)C1O. The van der Waals surface area contributed by atoms with Gasteiger partial charge in [0.05, 0.1) is 18.8 Å². The molecule has 8 heteroatoms. The third kappa shape index (κ3) is 3.72. The van der Waals surface area contributed by atoms with E-state index in [0.29, 0.717) is 18.6 Å². The van der Waals surface area contributed by atoms with Crippen molar-refractivity contribution in [2.45, 2.75) is 57.8 Å². The van der Waals surface area contributed by atoms with Gasteiger partial charge in [0, 0.05) is 18.9 Å². The first-order chi connectivity index (χ1) is 10.9. The number of nitrogens with zero attached hydrogens (tertiary/aromatic N) is 1. The maximum absolute atomic E-state index is 12.1. The fraction of sp³-hybridized carbons (Fsp3) is 0.733. The number of aromatic amines is 1. The van der Waals surface area contributed by atoms with Gasteiger partial charge < -0.3 is 19.3 Å². The summed E-state index contributed by atoms with van der Waals surface area (Å²) < 4.78 is 17.9. The molecule has 1 unspecified atom stereocenters. The summed E-state index contributed by atoms with van der Waals surface area (Å²) in [6, 6.07) is 0. The van der Waals surface area contributed by atoms with Gasteiger partial charge in [0.1, 0.15) is 12.2 Å². The first-order valence-electron chi connectivity index (χ1n) is 7.69. The Hall–Kier alpha value is -1.48. The summed E-state index contributed by atoms with van der Waals surface area (Å²) in [6.45, 7) is 5.65. The van der Waals surface area contributed by atoms with Crippen LogP contribution < -0.4 is 11.2 Å². The van der Waals surface area contributed by atoms with Crippen molar-refractivity contribution in [2.24, 2.45) is 0 Å². The van der Waals surface area contributed by atoms with Gasteiger partial charge in [-0.3, -0.25) is 14.3 Å². The highest BCUT2D eigenvalue weighted by Gasteiger charge is 2.45. The van der Waals surface area contributed by atoms with E-state index >= 15 is 0 Å². The van der Waals surface area contributed by atoms with Crippen LogP contribution in [0.4, 0.5) is 0 Å². The van der Waals surface area contributed by atoms with Crippen molar-refractivity contribution in [3.63, 3.8) is 0 Å². The van der Waals surface area contributed by atoms with Crippen molar-refractivity contribution in [1.82, 2.24) is 9.55 Å². The molecule has 1 aromatic rings. The number of aliphatic hydroxyl groups is 1. The summed E-state index contributed by atoms with van der Waals surface area (Å²) in [5.41, 5.74) is -0.657. The Morgan fingerprint density at radius 2 is 2.17 bits per heavy atom. The maximum Gasteiger partial charge on any atom is 0.330 e. The molecule has 0 saturated carbocycles. The summed E-state index contributed by atoms with van der Waals surface area (Å²) in [7, 11) is 1.56. The van der Waals surface area contributed by atoms with E-state index in [1.807, 2.05) is 13.8 Å². The highest BCUT2D eigenvalue weighted by molar-refractivity contribution is 5.03. The summed E-state index contributed by atoms with van der Waals surface area (Å²) >= 11 is 0. The number of nitrogens with one attached hydrogen (secondary N) is 1. The molecule has 8 nitrogen and oxygen atoms in total. The number of methoxy groups -OCH3 is 1. The molecule has 0 radical (unpaired) electrons. The first-order valence-corrected chi connectivity index (χ1v) is 7.69. The molecule has 0 spiro atoms. The van der Waals surface area contributed by atoms with E-state index in [4.69, 9.17) is 14.2 Å². The number of aromatic nitrogens is 2. The minimum absolute atomic E-state index is 0.277. The Balaban J connectivity index is 2.35. The highest BCUT2D eigenvalue weighted by atomic mass is 16.6. The van der Waals surface area contributed by atoms with Gasteiger partial charge in [0.25, 0.3) is 5.56 Å². The number of aryl methyl sites for hydroxylation is 1. The molecular weight excluding hydrogens is 304 g/mol. The van der Waals surface area contributed by atoms with Crippen LogP contribution in [0.15, 0.2) is 15.8 Å². The van der Waals surface area contributed by atoms with Gasteiger partial charge in [-0.25, -0.2) is 4.79 Å². The topological polar surface area (TPSA) is 103 Å². The summed E-state index contributed by atoms with van der Waals surface area (Å²) in [4.78, 5) is 25.9. The standard InChI is InChI=1S/C15H24N2O6/c1-5-10-11(18)12(22-9(3)7-21-4)14(23-10)17-6-8(2)13(19)16-15(17)20/h6,9-12,14,18H,5,7H2,1-4H3,(H,16,19,20)/t9-,10+,11?,12-,14+/m0/s1. The largest absolute Gasteiger partial charge is 0.388 e. The zero-order valence-electron chi connectivity index (χ0n) is 13.8. The van der Waals surface area contributed by atoms with Gasteiger partial charge in [0.15, 0.2) is 6.23 Å². The van der Waals surface area contributed by atoms with Crippen LogP contribution in [0, 0.1) is 6.92 Å². The molecule has 0 amide bonds. The smallest absolute Gasteiger partial charge is 0.330 e. The Kier molecular flexibility index (Phi) is 5.74. The van der Waals surface area contributed by atoms with Gasteiger partial charge in [-0.1, -0.05) is 6.92 Å². The fourth-order valence-corrected chi connectivity index (χ4v) is 2.74. The third-order valence-electron chi connectivity index (χ3n) is 3.93. The highest BCUT2D eigenvalue weighted by Crippen LogP contribution is 2.33. The molecule has 2 rings (SSSR count). The lowest BCUT2D eigenvalue weighted by molar-refractivity contribution is -0.111. The molecule has 23 heavy (non-hydrogen) atoms. The molecular formula is C15H24N2O6. The lowest BCUT2D eigenvalue weighted by Crippen LogP contribution is -2.41. The molecule has 1 fully saturated rings. The Morgan fingerprint density at radius 1 is 1.48 bits per heavy atom. The minimum Gasteiger partial charge on any atom is -0.388 e. The van der Waals surface area contributed by atoms with Crippen LogP contribution in [-0.2, 0) is 14.2 Å². The van der Waals surface area contributed by atoms with Crippen LogP contribution in [0.5, 0.6) is 0 Å². The maximum atomic E-state index is 12.1. The van der Waals surface area contributed by atoms with Crippen molar-refractivity contribution in [3.8, 4) is 0 Å². The van der Waals surface area contributed by atoms with Crippen molar-refractivity contribution in [2.75, 3.05) is 13.7 Å². The Bertz CT molecular complexity index is 640. The fourth-order valence-electron chi connectivity index (χ4n) is 2.74. The second-order valence-corrected chi connectivity index (χ2v) is 5.81. The van der Waals surface area contributed by atoms with Crippen LogP contribution in [0.1, 0.15) is 32.1 Å². The number of ether oxygens (including phenoxy) is 3. The normalized spacial score (nSPS) is 28.9. The quantitative estimate of drug-likeness (QED) is 0.758. The van der Waals surface area contributed by atoms with Gasteiger partial charge in [-0.05, 0) is 20.3 Å². The van der Waals surface area contributed by atoms with Crippen molar-refractivity contribution in [3.05, 3.63) is 32.6 Å². The molecule has 2 heterocycles. The van der Waals surface area contributed by atoms with Crippen LogP contribution in [-0.4, -0.2) is 52.8 Å². The first kappa shape index (κ1) is 17.9. The van der Waals surface area contributed by atoms with E-state index < -0.39 is 35.8 Å². The number of aliphatic hydroxyl groups excluding tert-OH is 1. The van der Waals surface area contributed by atoms with Crippen molar-refractivity contribution >= 4 is 0 Å². The number of H-pyrrole nitrogens is 1. The second-order valence-electron chi connectivity index (χ2n) is 5.81. The van der Waals surface area contributed by atoms with E-state index in [1.165, 1.54) is 10.8 Å². The van der Waals surface area contributed by atoms with E-state index in [1.54, 1.807) is 14.0 Å². The van der Waals surface area contributed by atoms with Crippen molar-refractivity contribution < 1.29 is 19.3 Å². The monoisotopic (exact) mass is 328 g/mol. The summed E-state index contributed by atoms with van der Waals surface area (Å²) in [6.07, 6.45) is -1.13. The summed E-state index contributed by atoms with van der Waals surface area (Å²) in [5, 5.41) is 10.4. The van der Waals surface area contributed by atoms with E-state index in [2.05, 4.69) is 4.98 Å². The average Bonchev–Trinajstić information content (AvgIpc) is 2.80. The van der Waals surface area contributed by atoms with Crippen LogP contribution in [0.25, 0.3) is 0 Å². The number of hydrogen-bond donors (Lipinski definition) is 2. The Labute approximate surface area is 134 Å². The third-order valence-corrected chi connectivity index (χ3v) is 3.93. The molecule has 1 saturated heterocycles. The predicted octanol–water partition coefficient (Wildman–Crippen LogP) is -0.0666. The van der Waals surface area contributed by atoms with Crippen LogP contribution in [0.3, 0.4) is 0 Å². The van der Waals surface area contributed by atoms with Crippen LogP contribution in [0.2, 0.25) is 0 Å². The molecule has 2 N–H and O–H groups in total. The van der Waals surface area contributed by atoms with E-state index in [9.17, 15) is 14.7 Å². The molecule has 0 aliphatic carbocycles. The lowest BCUT2D eigenvalue weighted by Gasteiger charge is -2.25. The van der Waals surface area contributed by atoms with E-state index in [-0.39, 0.29) is 6.10 Å². The molecule has 5 atom stereocenters. The van der Waals surface area contributed by atoms with Gasteiger partial charge >= 0.3 is 5.69 Å². The molecule has 0 aromatic carbocycles. The molecule has 0 bridgehead atoms. The van der Waals surface area contributed by atoms with Gasteiger partial charge in [-0.2, -0.15) is 0 Å². The lowest BCUT2D eigenvalue weighted by atomic mass is 10.1. The Morgan fingerprint density at radius 3 is 2.78 bits per heavy atom. The van der Waals surface area contributed by atoms with Gasteiger partial charge in [0.2, 0.25) is 0 Å². The molecule has 130 valence electrons. The molecule has 1 aliphatic heterocycles. The zero-order valence-corrected chi connectivity index (χ0v) is 13.8. The average molecular weight is 328 g/mol. The van der Waals surface area contributed by atoms with Gasteiger partial charge in [-0.15, -0.1) is 0 Å². The predicted molar refractivity (Wildman–Crippen MR) is 82.5 cm³/mol. The van der Waals surface area contributed by atoms with E-state index in [0.717, 1.165) is 0 Å². The number of hydrogen-bond acceptors (Lipinski definition) is 6. The second kappa shape index (κ2) is 7.39. The zero-order chi connectivity index (χ0) is 17.1. The minimum atomic E-state index is -0.872. The number of rotatable bonds is 6. The molecule has 1 aliphatic rings. The van der Waals surface area contributed by atoms with Crippen molar-refractivity contribution in [1.29, 1.82) is 0 Å².